The fourth-order valence-electron chi connectivity index (χ4n) is 3.29. The maximum absolute atomic E-state index is 12.6. The van der Waals surface area contributed by atoms with Gasteiger partial charge in [0.1, 0.15) is 23.0 Å². The molecule has 0 aliphatic heterocycles. The summed E-state index contributed by atoms with van der Waals surface area (Å²) < 4.78 is 21.5. The number of primary amides is 1. The molecule has 2 N–H and O–H groups in total. The first-order chi connectivity index (χ1) is 17.8. The molecule has 0 spiro atoms. The molecular formula is C28H25NO7S. The van der Waals surface area contributed by atoms with Crippen LogP contribution in [0.4, 0.5) is 4.79 Å². The molecule has 0 fully saturated rings. The number of amides is 1. The van der Waals surface area contributed by atoms with Crippen LogP contribution in [0.15, 0.2) is 71.6 Å². The average Bonchev–Trinajstić information content (AvgIpc) is 2.92. The Bertz CT molecular complexity index is 1310. The standard InChI is InChI=1S/C28H25NO7S/c1-33-23-12-19(13-24(16-23)34-2)15-26(27(31)35-3)20-6-10-22(11-7-20)36-21-8-4-18(5-9-21)14-25(17-30)37-28(29)32/h4-17H,1-3H3,(H2,29,32)/b25-14-,26-15-. The number of methoxy groups -OCH3 is 3. The number of carbonyl (C=O) groups excluding carboxylic acids is 3. The van der Waals surface area contributed by atoms with Crippen LogP contribution < -0.4 is 19.9 Å². The minimum absolute atomic E-state index is 0.207. The minimum atomic E-state index is -0.657. The van der Waals surface area contributed by atoms with Crippen molar-refractivity contribution in [3.8, 4) is 23.0 Å². The number of aldehydes is 1. The van der Waals surface area contributed by atoms with Gasteiger partial charge in [-0.05, 0) is 77.0 Å². The van der Waals surface area contributed by atoms with Gasteiger partial charge in [-0.1, -0.05) is 24.3 Å². The van der Waals surface area contributed by atoms with Crippen LogP contribution >= 0.6 is 11.8 Å². The van der Waals surface area contributed by atoms with E-state index in [-0.39, 0.29) is 4.91 Å². The first-order valence-electron chi connectivity index (χ1n) is 10.9. The smallest absolute Gasteiger partial charge is 0.338 e. The molecule has 3 rings (SSSR count). The maximum Gasteiger partial charge on any atom is 0.338 e. The van der Waals surface area contributed by atoms with Gasteiger partial charge in [0.25, 0.3) is 5.24 Å². The van der Waals surface area contributed by atoms with Gasteiger partial charge in [0.15, 0.2) is 6.29 Å². The molecule has 0 aliphatic rings. The van der Waals surface area contributed by atoms with Gasteiger partial charge in [0.05, 0.1) is 31.8 Å². The number of nitrogens with two attached hydrogens (primary N) is 1. The number of allylic oxidation sites excluding steroid dienone is 1. The quantitative estimate of drug-likeness (QED) is 0.160. The number of benzene rings is 3. The summed E-state index contributed by atoms with van der Waals surface area (Å²) in [5.74, 6) is 1.80. The van der Waals surface area contributed by atoms with E-state index in [0.717, 1.165) is 0 Å². The third kappa shape index (κ3) is 7.74. The fourth-order valence-corrected chi connectivity index (χ4v) is 3.76. The molecule has 1 amide bonds. The Morgan fingerprint density at radius 2 is 1.32 bits per heavy atom. The van der Waals surface area contributed by atoms with E-state index < -0.39 is 11.2 Å². The van der Waals surface area contributed by atoms with E-state index in [4.69, 9.17) is 24.7 Å². The van der Waals surface area contributed by atoms with E-state index >= 15 is 0 Å². The van der Waals surface area contributed by atoms with Crippen molar-refractivity contribution in [3.63, 3.8) is 0 Å². The third-order valence-corrected chi connectivity index (χ3v) is 5.67. The van der Waals surface area contributed by atoms with Gasteiger partial charge in [0.2, 0.25) is 0 Å². The average molecular weight is 520 g/mol. The zero-order chi connectivity index (χ0) is 26.8. The van der Waals surface area contributed by atoms with E-state index in [1.807, 2.05) is 0 Å². The predicted octanol–water partition coefficient (Wildman–Crippen LogP) is 5.56. The highest BCUT2D eigenvalue weighted by atomic mass is 32.2. The summed E-state index contributed by atoms with van der Waals surface area (Å²) in [4.78, 5) is 34.9. The Labute approximate surface area is 218 Å². The van der Waals surface area contributed by atoms with E-state index in [1.165, 1.54) is 7.11 Å². The number of ether oxygens (including phenoxy) is 4. The lowest BCUT2D eigenvalue weighted by Gasteiger charge is -2.10. The van der Waals surface area contributed by atoms with E-state index in [9.17, 15) is 14.4 Å². The van der Waals surface area contributed by atoms with Crippen LogP contribution in [-0.2, 0) is 14.3 Å². The molecule has 3 aromatic carbocycles. The molecule has 0 aliphatic carbocycles. The topological polar surface area (TPSA) is 114 Å². The molecule has 0 saturated carbocycles. The van der Waals surface area contributed by atoms with Crippen molar-refractivity contribution in [3.05, 3.63) is 88.3 Å². The lowest BCUT2D eigenvalue weighted by molar-refractivity contribution is -0.133. The van der Waals surface area contributed by atoms with Crippen molar-refractivity contribution in [1.82, 2.24) is 0 Å². The molecule has 0 unspecified atom stereocenters. The number of hydrogen-bond donors (Lipinski definition) is 1. The van der Waals surface area contributed by atoms with E-state index in [0.29, 0.717) is 63.3 Å². The Morgan fingerprint density at radius 3 is 1.81 bits per heavy atom. The third-order valence-electron chi connectivity index (χ3n) is 5.01. The van der Waals surface area contributed by atoms with Crippen LogP contribution in [-0.4, -0.2) is 38.8 Å². The Kier molecular flexibility index (Phi) is 9.51. The number of thioether (sulfide) groups is 1. The summed E-state index contributed by atoms with van der Waals surface area (Å²) >= 11 is 0.663. The van der Waals surface area contributed by atoms with Crippen molar-refractivity contribution in [2.24, 2.45) is 5.73 Å². The van der Waals surface area contributed by atoms with Gasteiger partial charge in [-0.3, -0.25) is 9.59 Å². The molecule has 0 aromatic heterocycles. The zero-order valence-electron chi connectivity index (χ0n) is 20.4. The molecule has 190 valence electrons. The summed E-state index contributed by atoms with van der Waals surface area (Å²) in [6.45, 7) is 0. The Balaban J connectivity index is 1.81. The Hall–Kier alpha value is -4.50. The normalized spacial score (nSPS) is 11.4. The zero-order valence-corrected chi connectivity index (χ0v) is 21.2. The molecule has 0 saturated heterocycles. The monoisotopic (exact) mass is 519 g/mol. The van der Waals surface area contributed by atoms with Crippen LogP contribution in [0.2, 0.25) is 0 Å². The highest BCUT2D eigenvalue weighted by Crippen LogP contribution is 2.29. The van der Waals surface area contributed by atoms with Crippen molar-refractivity contribution >= 4 is 47.0 Å². The maximum atomic E-state index is 12.6. The van der Waals surface area contributed by atoms with Crippen LogP contribution in [0, 0.1) is 0 Å². The lowest BCUT2D eigenvalue weighted by Crippen LogP contribution is -2.04. The molecule has 0 heterocycles. The first-order valence-corrected chi connectivity index (χ1v) is 11.7. The summed E-state index contributed by atoms with van der Waals surface area (Å²) in [6.07, 6.45) is 3.83. The van der Waals surface area contributed by atoms with E-state index in [1.54, 1.807) is 93.1 Å². The van der Waals surface area contributed by atoms with E-state index in [2.05, 4.69) is 0 Å². The summed E-state index contributed by atoms with van der Waals surface area (Å²) in [5, 5.41) is -0.657. The Morgan fingerprint density at radius 1 is 0.757 bits per heavy atom. The van der Waals surface area contributed by atoms with Gasteiger partial charge < -0.3 is 24.7 Å². The molecule has 8 nitrogen and oxygen atoms in total. The number of esters is 1. The number of hydrogen-bond acceptors (Lipinski definition) is 8. The second-order valence-corrected chi connectivity index (χ2v) is 8.55. The molecule has 9 heteroatoms. The highest BCUT2D eigenvalue weighted by molar-refractivity contribution is 8.17. The van der Waals surface area contributed by atoms with Gasteiger partial charge in [0, 0.05) is 6.07 Å². The van der Waals surface area contributed by atoms with Crippen molar-refractivity contribution in [2.45, 2.75) is 0 Å². The minimum Gasteiger partial charge on any atom is -0.497 e. The molecular weight excluding hydrogens is 494 g/mol. The second-order valence-electron chi connectivity index (χ2n) is 7.48. The van der Waals surface area contributed by atoms with Gasteiger partial charge in [-0.25, -0.2) is 4.79 Å². The fraction of sp³-hybridized carbons (Fsp3) is 0.107. The van der Waals surface area contributed by atoms with Crippen LogP contribution in [0.3, 0.4) is 0 Å². The van der Waals surface area contributed by atoms with Crippen LogP contribution in [0.5, 0.6) is 23.0 Å². The van der Waals surface area contributed by atoms with Gasteiger partial charge in [-0.15, -0.1) is 0 Å². The lowest BCUT2D eigenvalue weighted by atomic mass is 10.0. The SMILES string of the molecule is COC(=O)/C(=C\c1cc(OC)cc(OC)c1)c1ccc(Oc2ccc(/C=C(/C=O)SC(N)=O)cc2)cc1. The molecule has 0 radical (unpaired) electrons. The predicted molar refractivity (Wildman–Crippen MR) is 144 cm³/mol. The van der Waals surface area contributed by atoms with Crippen molar-refractivity contribution in [2.75, 3.05) is 21.3 Å². The van der Waals surface area contributed by atoms with Crippen LogP contribution in [0.1, 0.15) is 16.7 Å². The van der Waals surface area contributed by atoms with Crippen molar-refractivity contribution in [1.29, 1.82) is 0 Å². The number of carbonyl (C=O) groups is 3. The highest BCUT2D eigenvalue weighted by Gasteiger charge is 2.14. The van der Waals surface area contributed by atoms with Crippen LogP contribution in [0.25, 0.3) is 17.7 Å². The first kappa shape index (κ1) is 27.1. The summed E-state index contributed by atoms with van der Waals surface area (Å²) in [6, 6.07) is 19.2. The largest absolute Gasteiger partial charge is 0.497 e. The molecule has 37 heavy (non-hydrogen) atoms. The number of rotatable bonds is 10. The summed E-state index contributed by atoms with van der Waals surface area (Å²) in [7, 11) is 4.43. The van der Waals surface area contributed by atoms with Gasteiger partial charge in [-0.2, -0.15) is 0 Å². The summed E-state index contributed by atoms with van der Waals surface area (Å²) in [5.41, 5.74) is 7.51. The second kappa shape index (κ2) is 13.0. The molecule has 0 bridgehead atoms. The molecule has 3 aromatic rings. The van der Waals surface area contributed by atoms with Gasteiger partial charge >= 0.3 is 5.97 Å². The van der Waals surface area contributed by atoms with Crippen molar-refractivity contribution < 1.29 is 33.3 Å². The molecule has 0 atom stereocenters.